The Morgan fingerprint density at radius 1 is 0.944 bits per heavy atom. The lowest BCUT2D eigenvalue weighted by Crippen LogP contribution is -2.03. The van der Waals surface area contributed by atoms with E-state index in [-0.39, 0.29) is 11.9 Å². The van der Waals surface area contributed by atoms with Crippen molar-refractivity contribution in [2.24, 2.45) is 0 Å². The molecule has 0 unspecified atom stereocenters. The average Bonchev–Trinajstić information content (AvgIpc) is 2.33. The van der Waals surface area contributed by atoms with Gasteiger partial charge in [0.2, 0.25) is 0 Å². The van der Waals surface area contributed by atoms with Gasteiger partial charge in [-0.3, -0.25) is 4.79 Å². The van der Waals surface area contributed by atoms with Crippen LogP contribution in [0.4, 0.5) is 0 Å². The molecule has 0 aromatic carbocycles. The zero-order chi connectivity index (χ0) is 13.6. The van der Waals surface area contributed by atoms with Crippen LogP contribution in [0.25, 0.3) is 0 Å². The molecule has 0 amide bonds. The standard InChI is InChI=1S/C14H24O4/c1-3-17-13(15)11-9-7-5-6-8-10-12-14(16)18-4-2/h9,11H,3-8,10,12H2,1-2H3. The van der Waals surface area contributed by atoms with E-state index in [1.54, 1.807) is 6.92 Å². The minimum Gasteiger partial charge on any atom is -0.466 e. The van der Waals surface area contributed by atoms with Crippen LogP contribution in [0, 0.1) is 0 Å². The largest absolute Gasteiger partial charge is 0.466 e. The molecule has 4 nitrogen and oxygen atoms in total. The van der Waals surface area contributed by atoms with E-state index in [0.29, 0.717) is 19.6 Å². The highest BCUT2D eigenvalue weighted by molar-refractivity contribution is 5.81. The van der Waals surface area contributed by atoms with Crippen LogP contribution in [0.5, 0.6) is 0 Å². The molecule has 0 aromatic rings. The van der Waals surface area contributed by atoms with E-state index in [1.807, 2.05) is 13.0 Å². The Morgan fingerprint density at radius 2 is 1.61 bits per heavy atom. The van der Waals surface area contributed by atoms with Crippen molar-refractivity contribution in [3.63, 3.8) is 0 Å². The van der Waals surface area contributed by atoms with Crippen LogP contribution in [0.3, 0.4) is 0 Å². The molecule has 0 aliphatic rings. The highest BCUT2D eigenvalue weighted by Crippen LogP contribution is 2.06. The van der Waals surface area contributed by atoms with Gasteiger partial charge in [0.15, 0.2) is 0 Å². The van der Waals surface area contributed by atoms with E-state index >= 15 is 0 Å². The van der Waals surface area contributed by atoms with Crippen molar-refractivity contribution < 1.29 is 19.1 Å². The van der Waals surface area contributed by atoms with Crippen molar-refractivity contribution in [1.29, 1.82) is 0 Å². The molecule has 0 aliphatic carbocycles. The Hall–Kier alpha value is -1.32. The van der Waals surface area contributed by atoms with E-state index in [2.05, 4.69) is 0 Å². The zero-order valence-electron chi connectivity index (χ0n) is 11.4. The fourth-order valence-corrected chi connectivity index (χ4v) is 1.49. The van der Waals surface area contributed by atoms with Crippen molar-refractivity contribution in [3.8, 4) is 0 Å². The van der Waals surface area contributed by atoms with Gasteiger partial charge in [-0.15, -0.1) is 0 Å². The summed E-state index contributed by atoms with van der Waals surface area (Å²) in [4.78, 5) is 22.0. The van der Waals surface area contributed by atoms with Crippen molar-refractivity contribution in [2.45, 2.75) is 52.4 Å². The number of esters is 2. The summed E-state index contributed by atoms with van der Waals surface area (Å²) in [5.41, 5.74) is 0. The normalized spacial score (nSPS) is 10.6. The Morgan fingerprint density at radius 3 is 2.28 bits per heavy atom. The maximum atomic E-state index is 11.0. The summed E-state index contributed by atoms with van der Waals surface area (Å²) in [6.07, 6.45) is 8.67. The van der Waals surface area contributed by atoms with Crippen molar-refractivity contribution in [2.75, 3.05) is 13.2 Å². The van der Waals surface area contributed by atoms with Crippen LogP contribution in [-0.4, -0.2) is 25.2 Å². The molecule has 0 saturated carbocycles. The second-order valence-electron chi connectivity index (χ2n) is 3.91. The van der Waals surface area contributed by atoms with Crippen LogP contribution in [-0.2, 0) is 19.1 Å². The molecule has 0 aliphatic heterocycles. The Balaban J connectivity index is 3.30. The maximum absolute atomic E-state index is 11.0. The van der Waals surface area contributed by atoms with Crippen LogP contribution in [0.2, 0.25) is 0 Å². The number of unbranched alkanes of at least 4 members (excludes halogenated alkanes) is 4. The van der Waals surface area contributed by atoms with Crippen LogP contribution < -0.4 is 0 Å². The Labute approximate surface area is 109 Å². The molecule has 0 rings (SSSR count). The van der Waals surface area contributed by atoms with Crippen LogP contribution in [0.15, 0.2) is 12.2 Å². The summed E-state index contributed by atoms with van der Waals surface area (Å²) in [6, 6.07) is 0. The summed E-state index contributed by atoms with van der Waals surface area (Å²) in [5, 5.41) is 0. The molecule has 0 heterocycles. The average molecular weight is 256 g/mol. The summed E-state index contributed by atoms with van der Waals surface area (Å²) < 4.78 is 9.59. The molecule has 0 N–H and O–H groups in total. The third-order valence-corrected chi connectivity index (χ3v) is 2.35. The first kappa shape index (κ1) is 16.7. The molecule has 0 fully saturated rings. The van der Waals surface area contributed by atoms with E-state index in [0.717, 1.165) is 32.1 Å². The molecule has 18 heavy (non-hydrogen) atoms. The van der Waals surface area contributed by atoms with Crippen molar-refractivity contribution >= 4 is 11.9 Å². The van der Waals surface area contributed by atoms with Gasteiger partial charge in [-0.2, -0.15) is 0 Å². The predicted octanol–water partition coefficient (Wildman–Crippen LogP) is 3.01. The molecule has 104 valence electrons. The molecular formula is C14H24O4. The molecule has 0 spiro atoms. The number of rotatable bonds is 10. The second-order valence-corrected chi connectivity index (χ2v) is 3.91. The third kappa shape index (κ3) is 11.2. The predicted molar refractivity (Wildman–Crippen MR) is 70.1 cm³/mol. The smallest absolute Gasteiger partial charge is 0.330 e. The summed E-state index contributed by atoms with van der Waals surface area (Å²) in [7, 11) is 0. The lowest BCUT2D eigenvalue weighted by molar-refractivity contribution is -0.143. The number of carbonyl (C=O) groups is 2. The topological polar surface area (TPSA) is 52.6 Å². The number of carbonyl (C=O) groups excluding carboxylic acids is 2. The zero-order valence-corrected chi connectivity index (χ0v) is 11.4. The van der Waals surface area contributed by atoms with Gasteiger partial charge in [0, 0.05) is 12.5 Å². The highest BCUT2D eigenvalue weighted by Gasteiger charge is 2.00. The molecule has 0 atom stereocenters. The van der Waals surface area contributed by atoms with Crippen LogP contribution >= 0.6 is 0 Å². The fourth-order valence-electron chi connectivity index (χ4n) is 1.49. The van der Waals surface area contributed by atoms with Gasteiger partial charge in [-0.05, 0) is 33.1 Å². The SMILES string of the molecule is CCOC(=O)C=CCCCCCCC(=O)OCC. The van der Waals surface area contributed by atoms with Crippen molar-refractivity contribution in [1.82, 2.24) is 0 Å². The summed E-state index contributed by atoms with van der Waals surface area (Å²) >= 11 is 0. The van der Waals surface area contributed by atoms with Gasteiger partial charge >= 0.3 is 11.9 Å². The van der Waals surface area contributed by atoms with Gasteiger partial charge in [0.25, 0.3) is 0 Å². The van der Waals surface area contributed by atoms with Crippen molar-refractivity contribution in [3.05, 3.63) is 12.2 Å². The lowest BCUT2D eigenvalue weighted by atomic mass is 10.1. The van der Waals surface area contributed by atoms with Gasteiger partial charge < -0.3 is 9.47 Å². The molecule has 0 saturated heterocycles. The van der Waals surface area contributed by atoms with Gasteiger partial charge in [0.1, 0.15) is 0 Å². The fraction of sp³-hybridized carbons (Fsp3) is 0.714. The first-order valence-corrected chi connectivity index (χ1v) is 6.69. The van der Waals surface area contributed by atoms with E-state index in [9.17, 15) is 9.59 Å². The molecule has 0 aromatic heterocycles. The molecular weight excluding hydrogens is 232 g/mol. The third-order valence-electron chi connectivity index (χ3n) is 2.35. The monoisotopic (exact) mass is 256 g/mol. The molecule has 0 bridgehead atoms. The summed E-state index contributed by atoms with van der Waals surface area (Å²) in [5.74, 6) is -0.389. The minimum atomic E-state index is -0.278. The number of hydrogen-bond acceptors (Lipinski definition) is 4. The van der Waals surface area contributed by atoms with E-state index < -0.39 is 0 Å². The number of allylic oxidation sites excluding steroid dienone is 1. The van der Waals surface area contributed by atoms with Crippen LogP contribution in [0.1, 0.15) is 52.4 Å². The Kier molecular flexibility index (Phi) is 11.3. The van der Waals surface area contributed by atoms with Gasteiger partial charge in [-0.25, -0.2) is 4.79 Å². The quantitative estimate of drug-likeness (QED) is 0.342. The molecule has 0 radical (unpaired) electrons. The van der Waals surface area contributed by atoms with E-state index in [1.165, 1.54) is 6.08 Å². The number of ether oxygens (including phenoxy) is 2. The number of hydrogen-bond donors (Lipinski definition) is 0. The summed E-state index contributed by atoms with van der Waals surface area (Å²) in [6.45, 7) is 4.47. The lowest BCUT2D eigenvalue weighted by Gasteiger charge is -2.01. The maximum Gasteiger partial charge on any atom is 0.330 e. The van der Waals surface area contributed by atoms with E-state index in [4.69, 9.17) is 9.47 Å². The molecule has 4 heteroatoms. The first-order chi connectivity index (χ1) is 8.70. The first-order valence-electron chi connectivity index (χ1n) is 6.69. The Bertz CT molecular complexity index is 259. The highest BCUT2D eigenvalue weighted by atomic mass is 16.5. The van der Waals surface area contributed by atoms with Gasteiger partial charge in [0.05, 0.1) is 13.2 Å². The minimum absolute atomic E-state index is 0.111. The second kappa shape index (κ2) is 12.1. The van der Waals surface area contributed by atoms with Gasteiger partial charge in [-0.1, -0.05) is 18.9 Å².